The minimum Gasteiger partial charge on any atom is -0.657 e. The molecule has 4 aromatic carbocycles. The third kappa shape index (κ3) is 9.07. The molecule has 1 fully saturated rings. The fraction of sp³-hybridized carbons (Fsp3) is 0.167. The van der Waals surface area contributed by atoms with Crippen molar-refractivity contribution >= 4 is 46.4 Å². The van der Waals surface area contributed by atoms with E-state index in [9.17, 15) is 0 Å². The van der Waals surface area contributed by atoms with E-state index in [1.54, 1.807) is 28.4 Å². The van der Waals surface area contributed by atoms with Crippen molar-refractivity contribution in [3.05, 3.63) is 151 Å². The van der Waals surface area contributed by atoms with Gasteiger partial charge in [-0.2, -0.15) is 12.8 Å². The van der Waals surface area contributed by atoms with Crippen molar-refractivity contribution < 1.29 is 35.7 Å². The summed E-state index contributed by atoms with van der Waals surface area (Å²) in [6, 6.07) is 40.3. The Morgan fingerprint density at radius 3 is 0.810 bits per heavy atom. The molecule has 1 saturated carbocycles. The van der Waals surface area contributed by atoms with Crippen LogP contribution in [-0.2, 0) is 16.8 Å². The van der Waals surface area contributed by atoms with Crippen LogP contribution >= 0.6 is 0 Å². The van der Waals surface area contributed by atoms with Crippen LogP contribution in [0.1, 0.15) is 54.9 Å². The zero-order valence-corrected chi connectivity index (χ0v) is 36.8. The number of aromatic nitrogens is 4. The third-order valence-electron chi connectivity index (χ3n) is 11.4. The first-order valence-corrected chi connectivity index (χ1v) is 21.0. The van der Waals surface area contributed by atoms with E-state index in [1.807, 2.05) is 97.1 Å². The Kier molecular flexibility index (Phi) is 13.3. The molecule has 316 valence electrons. The van der Waals surface area contributed by atoms with E-state index in [0.29, 0.717) is 0 Å². The van der Waals surface area contributed by atoms with E-state index in [0.717, 1.165) is 112 Å². The van der Waals surface area contributed by atoms with Crippen LogP contribution in [-0.4, -0.2) is 38.4 Å². The van der Waals surface area contributed by atoms with Gasteiger partial charge < -0.3 is 35.3 Å². The maximum absolute atomic E-state index is 5.52. The van der Waals surface area contributed by atoms with Gasteiger partial charge in [0.15, 0.2) is 0 Å². The summed E-state index contributed by atoms with van der Waals surface area (Å²) in [5.41, 5.74) is 13.7. The quantitative estimate of drug-likeness (QED) is 0.139. The van der Waals surface area contributed by atoms with Gasteiger partial charge in [-0.05, 0) is 117 Å². The molecule has 0 saturated heterocycles. The van der Waals surface area contributed by atoms with Crippen molar-refractivity contribution in [3.8, 4) is 67.5 Å². The van der Waals surface area contributed by atoms with Crippen molar-refractivity contribution in [3.63, 3.8) is 0 Å². The number of hydrogen-bond acceptors (Lipinski definition) is 6. The molecule has 10 rings (SSSR count). The molecule has 0 unspecified atom stereocenters. The predicted molar refractivity (Wildman–Crippen MR) is 252 cm³/mol. The average molecular weight is 875 g/mol. The Labute approximate surface area is 378 Å². The molecule has 5 heterocycles. The Morgan fingerprint density at radius 1 is 0.365 bits per heavy atom. The number of fused-ring (bicyclic) bond motifs is 8. The molecule has 7 aromatic rings. The van der Waals surface area contributed by atoms with E-state index in [4.69, 9.17) is 38.9 Å². The van der Waals surface area contributed by atoms with Gasteiger partial charge >= 0.3 is 16.8 Å². The van der Waals surface area contributed by atoms with Crippen LogP contribution in [0.25, 0.3) is 90.9 Å². The van der Waals surface area contributed by atoms with E-state index >= 15 is 0 Å². The van der Waals surface area contributed by atoms with Crippen LogP contribution in [0.4, 0.5) is 0 Å². The average Bonchev–Trinajstić information content (AvgIpc) is 4.19. The molecule has 0 atom stereocenters. The number of methoxy groups -OCH3 is 4. The smallest absolute Gasteiger partial charge is 0.657 e. The van der Waals surface area contributed by atoms with Crippen molar-refractivity contribution in [1.82, 2.24) is 19.9 Å². The molecule has 0 radical (unpaired) electrons. The van der Waals surface area contributed by atoms with E-state index in [1.165, 1.54) is 32.1 Å². The summed E-state index contributed by atoms with van der Waals surface area (Å²) < 4.78 is 22.1. The van der Waals surface area contributed by atoms with Crippen LogP contribution < -0.4 is 28.9 Å². The third-order valence-corrected chi connectivity index (χ3v) is 11.4. The second-order valence-corrected chi connectivity index (χ2v) is 15.2. The van der Waals surface area contributed by atoms with Crippen molar-refractivity contribution in [2.45, 2.75) is 32.1 Å². The van der Waals surface area contributed by atoms with Crippen LogP contribution in [0.5, 0.6) is 23.0 Å². The summed E-state index contributed by atoms with van der Waals surface area (Å²) in [5, 5.41) is 0. The minimum atomic E-state index is 0. The maximum atomic E-state index is 5.52. The standard InChI is InChI=1S/C48H36N4O4.C6H11.Co/c1-53-33-13-5-29(6-14-33)45-37-21-23-39(49-37)46(30-7-15-34(54-2)16-8-30)41-25-27-43(51-41)48(32-11-19-36(56-4)20-12-32)44-28-26-42(52-44)47(40-24-22-38(45)50-40)31-9-17-35(55-3)18-10-31;1-2-4-6-5-3-1;/h5-28H,1-4H3;1H,2-6H2;/q-2;-1;+3. The number of ether oxygens (including phenoxy) is 4. The van der Waals surface area contributed by atoms with Gasteiger partial charge in [-0.1, -0.05) is 92.1 Å². The van der Waals surface area contributed by atoms with Crippen LogP contribution in [0.2, 0.25) is 0 Å². The second-order valence-electron chi connectivity index (χ2n) is 15.2. The first-order valence-electron chi connectivity index (χ1n) is 21.0. The van der Waals surface area contributed by atoms with Gasteiger partial charge in [0.25, 0.3) is 0 Å². The first-order chi connectivity index (χ1) is 30.5. The fourth-order valence-corrected chi connectivity index (χ4v) is 8.20. The number of hydrogen-bond donors (Lipinski definition) is 0. The molecule has 63 heavy (non-hydrogen) atoms. The molecule has 0 N–H and O–H groups in total. The Bertz CT molecular complexity index is 2530. The van der Waals surface area contributed by atoms with Crippen molar-refractivity contribution in [2.75, 3.05) is 28.4 Å². The number of rotatable bonds is 8. The summed E-state index contributed by atoms with van der Waals surface area (Å²) in [6.45, 7) is 0. The van der Waals surface area contributed by atoms with E-state index in [2.05, 4.69) is 55.0 Å². The molecule has 8 nitrogen and oxygen atoms in total. The van der Waals surface area contributed by atoms with Crippen LogP contribution in [0, 0.1) is 6.42 Å². The number of nitrogens with zero attached hydrogens (tertiary/aromatic N) is 4. The summed E-state index contributed by atoms with van der Waals surface area (Å²) in [4.78, 5) is 21.4. The first kappa shape index (κ1) is 42.9. The zero-order chi connectivity index (χ0) is 42.4. The van der Waals surface area contributed by atoms with Gasteiger partial charge in [-0.15, -0.1) is 22.1 Å². The molecule has 3 aliphatic rings. The Morgan fingerprint density at radius 2 is 0.619 bits per heavy atom. The van der Waals surface area contributed by atoms with Gasteiger partial charge in [-0.3, -0.25) is 0 Å². The normalized spacial score (nSPS) is 12.8. The Balaban J connectivity index is 0.000000719. The van der Waals surface area contributed by atoms with Crippen LogP contribution in [0.3, 0.4) is 0 Å². The summed E-state index contributed by atoms with van der Waals surface area (Å²) in [7, 11) is 6.67. The molecule has 2 aliphatic heterocycles. The monoisotopic (exact) mass is 874 g/mol. The van der Waals surface area contributed by atoms with Crippen molar-refractivity contribution in [2.24, 2.45) is 0 Å². The Hall–Kier alpha value is -6.81. The van der Waals surface area contributed by atoms with E-state index < -0.39 is 0 Å². The van der Waals surface area contributed by atoms with Gasteiger partial charge in [0, 0.05) is 0 Å². The molecule has 1 aliphatic carbocycles. The molecule has 3 aromatic heterocycles. The summed E-state index contributed by atoms with van der Waals surface area (Å²) >= 11 is 0. The second kappa shape index (κ2) is 19.5. The molecular formula is C54H47CoN4O4. The van der Waals surface area contributed by atoms with Crippen molar-refractivity contribution in [1.29, 1.82) is 0 Å². The van der Waals surface area contributed by atoms with E-state index in [-0.39, 0.29) is 16.8 Å². The molecule has 8 bridgehead atoms. The van der Waals surface area contributed by atoms with Gasteiger partial charge in [0.2, 0.25) is 0 Å². The fourth-order valence-electron chi connectivity index (χ4n) is 8.20. The molecule has 0 spiro atoms. The predicted octanol–water partition coefficient (Wildman–Crippen LogP) is 12.8. The summed E-state index contributed by atoms with van der Waals surface area (Å²) in [6.07, 6.45) is 17.7. The number of benzene rings is 4. The van der Waals surface area contributed by atoms with Crippen LogP contribution in [0.15, 0.2) is 121 Å². The van der Waals surface area contributed by atoms with Gasteiger partial charge in [0.1, 0.15) is 23.0 Å². The SMILES string of the molecule is COc1ccc(-c2c3nc(c(-c4ccc(OC)cc4)c4ccc([n-]4)c(-c4ccc(OC)cc4)c4nc(c(-c5ccc(OC)cc5)c5ccc2[n-]5)C=C4)C=C3)cc1.[CH-]1CCCCC1.[Co+3]. The van der Waals surface area contributed by atoms with Gasteiger partial charge in [0.05, 0.1) is 51.2 Å². The topological polar surface area (TPSA) is 90.9 Å². The molecule has 9 heteroatoms. The van der Waals surface area contributed by atoms with Gasteiger partial charge in [-0.25, -0.2) is 9.97 Å². The largest absolute Gasteiger partial charge is 3.00 e. The summed E-state index contributed by atoms with van der Waals surface area (Å²) in [5.74, 6) is 3.06. The zero-order valence-electron chi connectivity index (χ0n) is 35.7. The maximum Gasteiger partial charge on any atom is 3.00 e. The minimum absolute atomic E-state index is 0. The molecular weight excluding hydrogens is 828 g/mol. The molecule has 0 amide bonds.